The number of nitrogens with one attached hydrogen (secondary N) is 10. The van der Waals surface area contributed by atoms with Gasteiger partial charge < -0.3 is 86.3 Å². The molecular formula is C62H82N14O14. The highest BCUT2D eigenvalue weighted by Gasteiger charge is 2.31. The Morgan fingerprint density at radius 3 is 1.13 bits per heavy atom. The van der Waals surface area contributed by atoms with Gasteiger partial charge in [-0.05, 0) is 111 Å². The zero-order chi connectivity index (χ0) is 65.5. The number of aromatic hydroxyl groups is 2. The first-order valence-electron chi connectivity index (χ1n) is 29.7. The predicted octanol–water partition coefficient (Wildman–Crippen LogP) is -2.72. The number of hydrogen-bond acceptors (Lipinski definition) is 16. The van der Waals surface area contributed by atoms with Crippen molar-refractivity contribution >= 4 is 70.9 Å². The number of amides is 12. The van der Waals surface area contributed by atoms with Gasteiger partial charge in [0.05, 0.1) is 25.2 Å². The summed E-state index contributed by atoms with van der Waals surface area (Å²) in [5.74, 6) is -7.32. The van der Waals surface area contributed by atoms with Crippen LogP contribution in [0.3, 0.4) is 0 Å². The molecule has 0 bridgehead atoms. The van der Waals surface area contributed by atoms with Crippen LogP contribution >= 0.6 is 0 Å². The van der Waals surface area contributed by atoms with Gasteiger partial charge in [-0.3, -0.25) is 57.5 Å². The molecule has 4 aromatic rings. The zero-order valence-corrected chi connectivity index (χ0v) is 49.8. The monoisotopic (exact) mass is 1250 g/mol. The van der Waals surface area contributed by atoms with E-state index in [4.69, 9.17) is 22.9 Å². The van der Waals surface area contributed by atoms with Gasteiger partial charge in [-0.25, -0.2) is 0 Å². The number of nitrogens with two attached hydrogens (primary N) is 4. The van der Waals surface area contributed by atoms with Gasteiger partial charge in [-0.15, -0.1) is 0 Å². The fourth-order valence-electron chi connectivity index (χ4n) is 9.49. The average Bonchev–Trinajstić information content (AvgIpc) is 2.01. The molecule has 0 aliphatic carbocycles. The van der Waals surface area contributed by atoms with E-state index in [1.54, 1.807) is 84.9 Å². The summed E-state index contributed by atoms with van der Waals surface area (Å²) in [6.07, 6.45) is 2.49. The van der Waals surface area contributed by atoms with Crippen molar-refractivity contribution in [3.63, 3.8) is 0 Å². The smallest absolute Gasteiger partial charge is 0.243 e. The Bertz CT molecular complexity index is 2880. The third kappa shape index (κ3) is 25.8. The molecule has 2 saturated heterocycles. The first kappa shape index (κ1) is 70.8. The van der Waals surface area contributed by atoms with E-state index in [-0.39, 0.29) is 101 Å². The van der Waals surface area contributed by atoms with Gasteiger partial charge in [-0.1, -0.05) is 84.9 Å². The van der Waals surface area contributed by atoms with Crippen LogP contribution < -0.4 is 76.1 Å². The highest BCUT2D eigenvalue weighted by molar-refractivity contribution is 5.96. The average molecular weight is 1250 g/mol. The minimum atomic E-state index is -1.14. The molecular weight excluding hydrogens is 1160 g/mol. The molecule has 2 heterocycles. The summed E-state index contributed by atoms with van der Waals surface area (Å²) < 4.78 is 0. The van der Waals surface area contributed by atoms with Crippen molar-refractivity contribution in [2.75, 3.05) is 26.2 Å². The molecule has 2 fully saturated rings. The second kappa shape index (κ2) is 37.0. The Balaban J connectivity index is 0.000000327. The van der Waals surface area contributed by atoms with Crippen LogP contribution in [0.4, 0.5) is 0 Å². The molecule has 6 rings (SSSR count). The van der Waals surface area contributed by atoms with Crippen LogP contribution in [0.2, 0.25) is 0 Å². The van der Waals surface area contributed by atoms with E-state index in [2.05, 4.69) is 53.2 Å². The van der Waals surface area contributed by atoms with Gasteiger partial charge in [0.25, 0.3) is 0 Å². The molecule has 2 aliphatic heterocycles. The lowest BCUT2D eigenvalue weighted by Crippen LogP contribution is -2.56. The SMILES string of the molecule is NC(=O)[C@@H]1CCC(=O)NCCCC[C@@H](NC(=O)[C@@H](N)Cc2ccc(O)cc2)C(=O)NCC(=O)N[C@@H](Cc2ccccc2)C(=O)N1.NC(=O)[C@@H]1CCC(=O)NCCCC[C@@H](NC(=O)[C@@H](N)Cc2ccc(O)cc2)C(=O)NCC(=O)N[C@@H](Cc2ccccc2)C(=O)N1. The first-order chi connectivity index (χ1) is 43.0. The first-order valence-corrected chi connectivity index (χ1v) is 29.7. The van der Waals surface area contributed by atoms with Crippen LogP contribution in [0.25, 0.3) is 0 Å². The lowest BCUT2D eigenvalue weighted by atomic mass is 10.0. The Labute approximate surface area is 520 Å². The second-order valence-electron chi connectivity index (χ2n) is 21.8. The van der Waals surface area contributed by atoms with E-state index in [0.29, 0.717) is 36.8 Å². The van der Waals surface area contributed by atoms with Gasteiger partial charge in [0.1, 0.15) is 47.8 Å². The predicted molar refractivity (Wildman–Crippen MR) is 328 cm³/mol. The molecule has 8 atom stereocenters. The minimum absolute atomic E-state index is 0.0343. The minimum Gasteiger partial charge on any atom is -0.508 e. The number of hydrogen-bond donors (Lipinski definition) is 16. The number of benzene rings is 4. The number of primary amides is 2. The zero-order valence-electron chi connectivity index (χ0n) is 49.8. The lowest BCUT2D eigenvalue weighted by molar-refractivity contribution is -0.133. The molecule has 484 valence electrons. The molecule has 0 aromatic heterocycles. The summed E-state index contributed by atoms with van der Waals surface area (Å²) in [6, 6.07) is 21.7. The topological polar surface area (TPSA) is 470 Å². The third-order valence-electron chi connectivity index (χ3n) is 14.6. The van der Waals surface area contributed by atoms with Crippen LogP contribution in [-0.4, -0.2) is 156 Å². The molecule has 0 unspecified atom stereocenters. The van der Waals surface area contributed by atoms with E-state index < -0.39 is 120 Å². The fourth-order valence-corrected chi connectivity index (χ4v) is 9.49. The molecule has 28 heteroatoms. The lowest BCUT2D eigenvalue weighted by Gasteiger charge is -2.23. The van der Waals surface area contributed by atoms with Crippen LogP contribution in [0.5, 0.6) is 11.5 Å². The fraction of sp³-hybridized carbons (Fsp3) is 0.419. The number of phenols is 2. The van der Waals surface area contributed by atoms with Crippen molar-refractivity contribution in [3.8, 4) is 11.5 Å². The molecule has 0 radical (unpaired) electrons. The van der Waals surface area contributed by atoms with Crippen molar-refractivity contribution in [2.45, 2.75) is 138 Å². The van der Waals surface area contributed by atoms with Crippen molar-refractivity contribution in [1.29, 1.82) is 0 Å². The number of carbonyl (C=O) groups excluding carboxylic acids is 12. The van der Waals surface area contributed by atoms with E-state index in [1.807, 2.05) is 0 Å². The van der Waals surface area contributed by atoms with Crippen LogP contribution in [-0.2, 0) is 83.2 Å². The summed E-state index contributed by atoms with van der Waals surface area (Å²) in [4.78, 5) is 153. The van der Waals surface area contributed by atoms with Crippen molar-refractivity contribution in [3.05, 3.63) is 131 Å². The highest BCUT2D eigenvalue weighted by atomic mass is 16.3. The largest absolute Gasteiger partial charge is 0.508 e. The standard InChI is InChI=1S/2C31H41N7O7/c2*32-22(16-20-9-11-21(39)12-10-20)29(43)38-24-8-4-5-15-34-26(40)14-13-23(28(33)42)37-31(45)25(17-19-6-2-1-3-7-19)36-27(41)18-35-30(24)44/h2*1-3,6-7,9-12,22-25,39H,4-5,8,13-18,32H2,(H2,33,42)(H,34,40)(H,35,44)(H,36,41)(H,37,45)(H,38,43)/t2*22-,23-,24+,25-/m00/s1. The van der Waals surface area contributed by atoms with Crippen molar-refractivity contribution < 1.29 is 67.7 Å². The molecule has 12 amide bonds. The number of phenolic OH excluding ortho intramolecular Hbond substituents is 2. The van der Waals surface area contributed by atoms with Gasteiger partial charge in [0, 0.05) is 38.8 Å². The molecule has 90 heavy (non-hydrogen) atoms. The van der Waals surface area contributed by atoms with Crippen LogP contribution in [0.15, 0.2) is 109 Å². The summed E-state index contributed by atoms with van der Waals surface area (Å²) in [6.45, 7) is -0.426. The van der Waals surface area contributed by atoms with E-state index in [1.165, 1.54) is 24.3 Å². The quantitative estimate of drug-likeness (QED) is 0.0610. The van der Waals surface area contributed by atoms with E-state index in [9.17, 15) is 67.7 Å². The molecule has 0 spiro atoms. The number of rotatable bonds is 14. The van der Waals surface area contributed by atoms with Crippen molar-refractivity contribution in [2.24, 2.45) is 22.9 Å². The third-order valence-corrected chi connectivity index (χ3v) is 14.6. The summed E-state index contributed by atoms with van der Waals surface area (Å²) in [7, 11) is 0. The Kier molecular flexibility index (Phi) is 29.1. The van der Waals surface area contributed by atoms with Gasteiger partial charge in [-0.2, -0.15) is 0 Å². The molecule has 20 N–H and O–H groups in total. The Hall–Kier alpha value is -9.96. The summed E-state index contributed by atoms with van der Waals surface area (Å²) in [5.41, 5.74) is 26.0. The summed E-state index contributed by atoms with van der Waals surface area (Å²) in [5, 5.41) is 45.0. The second-order valence-corrected chi connectivity index (χ2v) is 21.8. The van der Waals surface area contributed by atoms with E-state index >= 15 is 0 Å². The maximum Gasteiger partial charge on any atom is 0.243 e. The number of carbonyl (C=O) groups is 12. The van der Waals surface area contributed by atoms with Gasteiger partial charge in [0.15, 0.2) is 0 Å². The highest BCUT2D eigenvalue weighted by Crippen LogP contribution is 2.15. The van der Waals surface area contributed by atoms with Gasteiger partial charge >= 0.3 is 0 Å². The van der Waals surface area contributed by atoms with Crippen molar-refractivity contribution in [1.82, 2.24) is 53.2 Å². The maximum absolute atomic E-state index is 13.2. The van der Waals surface area contributed by atoms with Crippen LogP contribution in [0, 0.1) is 0 Å². The maximum atomic E-state index is 13.2. The normalized spacial score (nSPS) is 21.5. The Morgan fingerprint density at radius 2 is 0.789 bits per heavy atom. The van der Waals surface area contributed by atoms with Gasteiger partial charge in [0.2, 0.25) is 70.9 Å². The molecule has 4 aromatic carbocycles. The molecule has 2 aliphatic rings. The summed E-state index contributed by atoms with van der Waals surface area (Å²) >= 11 is 0. The van der Waals surface area contributed by atoms with E-state index in [0.717, 1.165) is 11.1 Å². The Morgan fingerprint density at radius 1 is 0.433 bits per heavy atom. The molecule has 28 nitrogen and oxygen atoms in total. The van der Waals surface area contributed by atoms with Crippen LogP contribution in [0.1, 0.15) is 86.5 Å². The molecule has 0 saturated carbocycles.